The molecule has 0 aliphatic carbocycles. The predicted molar refractivity (Wildman–Crippen MR) is 101 cm³/mol. The molecular weight excluding hydrogens is 362 g/mol. The molecule has 1 aromatic carbocycles. The predicted octanol–water partition coefficient (Wildman–Crippen LogP) is 1.78. The maximum atomic E-state index is 12.8. The fraction of sp³-hybridized carbons (Fsp3) is 0.524. The van der Waals surface area contributed by atoms with Gasteiger partial charge in [-0.2, -0.15) is 0 Å². The van der Waals surface area contributed by atoms with Crippen LogP contribution in [0, 0.1) is 11.8 Å². The third-order valence-corrected chi connectivity index (χ3v) is 5.11. The minimum Gasteiger partial charge on any atom is -0.465 e. The van der Waals surface area contributed by atoms with Gasteiger partial charge < -0.3 is 9.47 Å². The number of Topliss-reactive ketones (excluding diaryl/α,β-unsaturated/α-hetero) is 2. The summed E-state index contributed by atoms with van der Waals surface area (Å²) in [6.07, 6.45) is 0. The van der Waals surface area contributed by atoms with Crippen LogP contribution in [-0.2, 0) is 35.2 Å². The average Bonchev–Trinajstić information content (AvgIpc) is 2.72. The lowest BCUT2D eigenvalue weighted by molar-refractivity contribution is -0.159. The molecule has 4 atom stereocenters. The quantitative estimate of drug-likeness (QED) is 0.416. The summed E-state index contributed by atoms with van der Waals surface area (Å²) < 4.78 is 10.1. The molecule has 1 saturated heterocycles. The van der Waals surface area contributed by atoms with Gasteiger partial charge >= 0.3 is 11.9 Å². The number of nitrogens with zero attached hydrogens (tertiary/aromatic N) is 1. The van der Waals surface area contributed by atoms with Gasteiger partial charge in [0.2, 0.25) is 11.6 Å². The van der Waals surface area contributed by atoms with Crippen molar-refractivity contribution in [1.29, 1.82) is 0 Å². The number of likely N-dealkylation sites (tertiary alicyclic amines) is 1. The zero-order chi connectivity index (χ0) is 20.8. The molecule has 152 valence electrons. The van der Waals surface area contributed by atoms with Gasteiger partial charge in [-0.05, 0) is 33.3 Å². The van der Waals surface area contributed by atoms with E-state index in [1.165, 1.54) is 0 Å². The summed E-state index contributed by atoms with van der Waals surface area (Å²) in [4.78, 5) is 52.5. The molecule has 1 aliphatic rings. The van der Waals surface area contributed by atoms with Crippen LogP contribution in [0.15, 0.2) is 30.3 Å². The van der Waals surface area contributed by atoms with E-state index in [0.29, 0.717) is 6.54 Å². The van der Waals surface area contributed by atoms with Gasteiger partial charge in [0.25, 0.3) is 0 Å². The topological polar surface area (TPSA) is 90.0 Å². The van der Waals surface area contributed by atoms with Gasteiger partial charge in [-0.25, -0.2) is 0 Å². The molecule has 0 saturated carbocycles. The highest BCUT2D eigenvalue weighted by molar-refractivity contribution is 6.44. The van der Waals surface area contributed by atoms with Crippen LogP contribution in [0.1, 0.15) is 33.3 Å². The Bertz CT molecular complexity index is 690. The Morgan fingerprint density at radius 1 is 0.857 bits per heavy atom. The van der Waals surface area contributed by atoms with E-state index in [4.69, 9.17) is 9.47 Å². The zero-order valence-electron chi connectivity index (χ0n) is 16.7. The van der Waals surface area contributed by atoms with E-state index >= 15 is 0 Å². The molecule has 7 heteroatoms. The van der Waals surface area contributed by atoms with Crippen molar-refractivity contribution in [1.82, 2.24) is 4.90 Å². The Morgan fingerprint density at radius 2 is 1.29 bits per heavy atom. The minimum atomic E-state index is -1.28. The molecule has 0 bridgehead atoms. The molecule has 0 aromatic heterocycles. The number of esters is 2. The first-order valence-corrected chi connectivity index (χ1v) is 9.54. The van der Waals surface area contributed by atoms with Crippen molar-refractivity contribution >= 4 is 23.5 Å². The fourth-order valence-electron chi connectivity index (χ4n) is 3.65. The van der Waals surface area contributed by atoms with E-state index in [9.17, 15) is 19.2 Å². The average molecular weight is 389 g/mol. The second-order valence-electron chi connectivity index (χ2n) is 6.83. The minimum absolute atomic E-state index is 0.0963. The lowest BCUT2D eigenvalue weighted by Gasteiger charge is -2.36. The largest absolute Gasteiger partial charge is 0.465 e. The van der Waals surface area contributed by atoms with E-state index in [-0.39, 0.29) is 13.2 Å². The Hall–Kier alpha value is -2.54. The first kappa shape index (κ1) is 21.8. The molecule has 2 rings (SSSR count). The van der Waals surface area contributed by atoms with Gasteiger partial charge in [0, 0.05) is 18.6 Å². The Balaban J connectivity index is 2.49. The number of carbonyl (C=O) groups is 4. The summed E-state index contributed by atoms with van der Waals surface area (Å²) in [7, 11) is 0. The van der Waals surface area contributed by atoms with Crippen molar-refractivity contribution in [3.8, 4) is 0 Å². The van der Waals surface area contributed by atoms with E-state index < -0.39 is 47.4 Å². The van der Waals surface area contributed by atoms with Crippen molar-refractivity contribution in [2.45, 2.75) is 46.3 Å². The van der Waals surface area contributed by atoms with E-state index in [2.05, 4.69) is 0 Å². The third kappa shape index (κ3) is 4.47. The highest BCUT2D eigenvalue weighted by atomic mass is 16.5. The number of hydrogen-bond donors (Lipinski definition) is 0. The van der Waals surface area contributed by atoms with Crippen LogP contribution in [0.25, 0.3) is 0 Å². The molecular formula is C21H27NO6. The molecule has 1 fully saturated rings. The summed E-state index contributed by atoms with van der Waals surface area (Å²) >= 11 is 0. The van der Waals surface area contributed by atoms with Crippen molar-refractivity contribution in [3.63, 3.8) is 0 Å². The number of benzene rings is 1. The highest BCUT2D eigenvalue weighted by Gasteiger charge is 2.51. The van der Waals surface area contributed by atoms with Gasteiger partial charge in [0.15, 0.2) is 0 Å². The van der Waals surface area contributed by atoms with Gasteiger partial charge in [-0.3, -0.25) is 24.1 Å². The first-order valence-electron chi connectivity index (χ1n) is 9.54. The summed E-state index contributed by atoms with van der Waals surface area (Å²) in [5, 5.41) is 0. The second kappa shape index (κ2) is 9.59. The number of hydrogen-bond acceptors (Lipinski definition) is 7. The number of rotatable bonds is 6. The highest BCUT2D eigenvalue weighted by Crippen LogP contribution is 2.30. The zero-order valence-corrected chi connectivity index (χ0v) is 16.7. The molecule has 7 nitrogen and oxygen atoms in total. The van der Waals surface area contributed by atoms with Crippen LogP contribution in [0.2, 0.25) is 0 Å². The summed E-state index contributed by atoms with van der Waals surface area (Å²) in [6.45, 7) is 7.25. The fourth-order valence-corrected chi connectivity index (χ4v) is 3.65. The molecule has 1 aliphatic heterocycles. The van der Waals surface area contributed by atoms with Crippen molar-refractivity contribution < 1.29 is 28.7 Å². The third-order valence-electron chi connectivity index (χ3n) is 5.11. The smallest absolute Gasteiger partial charge is 0.318 e. The molecule has 4 unspecified atom stereocenters. The Morgan fingerprint density at radius 3 is 1.68 bits per heavy atom. The van der Waals surface area contributed by atoms with Gasteiger partial charge in [-0.1, -0.05) is 30.3 Å². The van der Waals surface area contributed by atoms with Crippen LogP contribution >= 0.6 is 0 Å². The Labute approximate surface area is 165 Å². The molecule has 0 spiro atoms. The van der Waals surface area contributed by atoms with Gasteiger partial charge in [-0.15, -0.1) is 0 Å². The van der Waals surface area contributed by atoms with Crippen LogP contribution in [0.3, 0.4) is 0 Å². The SMILES string of the molecule is CCOC(=O)C1C(=O)C(=O)C(C(=O)OCC)C(C)N(Cc2ccccc2)C1C. The number of carbonyl (C=O) groups excluding carboxylic acids is 4. The van der Waals surface area contributed by atoms with Crippen LogP contribution in [0.4, 0.5) is 0 Å². The number of ether oxygens (including phenoxy) is 2. The molecule has 0 N–H and O–H groups in total. The molecule has 1 aromatic rings. The summed E-state index contributed by atoms with van der Waals surface area (Å²) in [5.41, 5.74) is 0.938. The second-order valence-corrected chi connectivity index (χ2v) is 6.83. The normalized spacial score (nSPS) is 25.9. The Kier molecular flexibility index (Phi) is 7.45. The standard InChI is InChI=1S/C21H27NO6/c1-5-27-20(25)16-13(3)22(12-15-10-8-7-9-11-15)14(4)17(19(24)18(16)23)21(26)28-6-2/h7-11,13-14,16-17H,5-6,12H2,1-4H3. The first-order chi connectivity index (χ1) is 13.3. The summed E-state index contributed by atoms with van der Waals surface area (Å²) in [6, 6.07) is 8.22. The maximum absolute atomic E-state index is 12.8. The van der Waals surface area contributed by atoms with Crippen molar-refractivity contribution in [2.75, 3.05) is 13.2 Å². The van der Waals surface area contributed by atoms with Crippen LogP contribution in [0.5, 0.6) is 0 Å². The lowest BCUT2D eigenvalue weighted by Crippen LogP contribution is -2.48. The van der Waals surface area contributed by atoms with Crippen molar-refractivity contribution in [2.24, 2.45) is 11.8 Å². The summed E-state index contributed by atoms with van der Waals surface area (Å²) in [5.74, 6) is -5.85. The molecule has 0 radical (unpaired) electrons. The van der Waals surface area contributed by atoms with Crippen molar-refractivity contribution in [3.05, 3.63) is 35.9 Å². The maximum Gasteiger partial charge on any atom is 0.318 e. The van der Waals surface area contributed by atoms with E-state index in [1.807, 2.05) is 35.2 Å². The van der Waals surface area contributed by atoms with Gasteiger partial charge in [0.05, 0.1) is 13.2 Å². The van der Waals surface area contributed by atoms with E-state index in [0.717, 1.165) is 5.56 Å². The number of ketones is 2. The van der Waals surface area contributed by atoms with Gasteiger partial charge in [0.1, 0.15) is 11.8 Å². The molecule has 0 amide bonds. The molecule has 28 heavy (non-hydrogen) atoms. The lowest BCUT2D eigenvalue weighted by atomic mass is 9.90. The molecule has 1 heterocycles. The van der Waals surface area contributed by atoms with Crippen LogP contribution in [-0.4, -0.2) is 53.7 Å². The van der Waals surface area contributed by atoms with E-state index in [1.54, 1.807) is 27.7 Å². The van der Waals surface area contributed by atoms with Crippen LogP contribution < -0.4 is 0 Å². The monoisotopic (exact) mass is 389 g/mol.